The van der Waals surface area contributed by atoms with Crippen LogP contribution in [-0.2, 0) is 17.1 Å². The number of hydrogen-bond acceptors (Lipinski definition) is 8. The molecule has 0 aliphatic carbocycles. The summed E-state index contributed by atoms with van der Waals surface area (Å²) in [5, 5.41) is 0. The second kappa shape index (κ2) is 16.1. The molecule has 2 fully saturated rings. The van der Waals surface area contributed by atoms with Crippen LogP contribution < -0.4 is 0 Å². The number of thiol groups is 3. The van der Waals surface area contributed by atoms with Crippen LogP contribution in [0.1, 0.15) is 0 Å². The molecule has 2 rings (SSSR count). The van der Waals surface area contributed by atoms with Crippen LogP contribution in [0.25, 0.3) is 0 Å². The monoisotopic (exact) mass is 477 g/mol. The standard InChI is InChI=1S/C18H39N5S3.Fe/c24-16-13-22-10-7-19-1-2-20(8-11-22)4-6-21(5-3-19)9-12-23(14-17-25)15-18-26;/h24-26H,1-18H2;. The minimum Gasteiger partial charge on any atom is -0.300 e. The van der Waals surface area contributed by atoms with Crippen molar-refractivity contribution in [1.29, 1.82) is 0 Å². The van der Waals surface area contributed by atoms with E-state index >= 15 is 0 Å². The summed E-state index contributed by atoms with van der Waals surface area (Å²) < 4.78 is 0. The van der Waals surface area contributed by atoms with Gasteiger partial charge >= 0.3 is 0 Å². The van der Waals surface area contributed by atoms with Crippen molar-refractivity contribution in [1.82, 2.24) is 24.5 Å². The number of rotatable bonds is 9. The Morgan fingerprint density at radius 3 is 1.33 bits per heavy atom. The van der Waals surface area contributed by atoms with Crippen molar-refractivity contribution in [2.24, 2.45) is 0 Å². The molecule has 2 atom stereocenters. The predicted octanol–water partition coefficient (Wildman–Crippen LogP) is 0.311. The summed E-state index contributed by atoms with van der Waals surface area (Å²) in [4.78, 5) is 13.1. The van der Waals surface area contributed by atoms with Crippen molar-refractivity contribution in [3.63, 3.8) is 0 Å². The van der Waals surface area contributed by atoms with Gasteiger partial charge in [-0.15, -0.1) is 0 Å². The van der Waals surface area contributed by atoms with E-state index in [0.717, 1.165) is 50.0 Å². The van der Waals surface area contributed by atoms with E-state index in [4.69, 9.17) is 0 Å². The third kappa shape index (κ3) is 10.8. The molecule has 0 spiro atoms. The molecule has 2 aliphatic heterocycles. The van der Waals surface area contributed by atoms with E-state index < -0.39 is 0 Å². The Hall–Kier alpha value is 1.37. The molecule has 0 N–H and O–H groups in total. The first-order chi connectivity index (χ1) is 12.7. The first-order valence-corrected chi connectivity index (χ1v) is 12.1. The topological polar surface area (TPSA) is 16.2 Å². The smallest absolute Gasteiger partial charge is 0.0110 e. The zero-order chi connectivity index (χ0) is 18.6. The van der Waals surface area contributed by atoms with Gasteiger partial charge in [0.2, 0.25) is 0 Å². The van der Waals surface area contributed by atoms with E-state index in [-0.39, 0.29) is 17.1 Å². The van der Waals surface area contributed by atoms with Crippen molar-refractivity contribution in [2.45, 2.75) is 0 Å². The van der Waals surface area contributed by atoms with Gasteiger partial charge in [0.25, 0.3) is 0 Å². The van der Waals surface area contributed by atoms with Crippen LogP contribution >= 0.6 is 37.9 Å². The van der Waals surface area contributed by atoms with E-state index in [1.54, 1.807) is 0 Å². The fourth-order valence-electron chi connectivity index (χ4n) is 3.80. The summed E-state index contributed by atoms with van der Waals surface area (Å²) in [5.74, 6) is 2.82. The van der Waals surface area contributed by atoms with Crippen molar-refractivity contribution < 1.29 is 17.1 Å². The minimum absolute atomic E-state index is 0. The summed E-state index contributed by atoms with van der Waals surface area (Å²) in [6, 6.07) is 0. The minimum atomic E-state index is 0. The Morgan fingerprint density at radius 1 is 0.519 bits per heavy atom. The van der Waals surface area contributed by atoms with Gasteiger partial charge in [0.05, 0.1) is 0 Å². The van der Waals surface area contributed by atoms with E-state index in [1.165, 1.54) is 65.4 Å². The van der Waals surface area contributed by atoms with Crippen LogP contribution in [0.2, 0.25) is 0 Å². The maximum atomic E-state index is 4.43. The summed E-state index contributed by atoms with van der Waals surface area (Å²) in [7, 11) is 0. The molecule has 2 bridgehead atoms. The van der Waals surface area contributed by atoms with Crippen molar-refractivity contribution in [2.75, 3.05) is 115 Å². The second-order valence-electron chi connectivity index (χ2n) is 7.38. The molecule has 2 aliphatic rings. The Kier molecular flexibility index (Phi) is 15.8. The van der Waals surface area contributed by atoms with Gasteiger partial charge in [-0.1, -0.05) is 0 Å². The van der Waals surface area contributed by atoms with Gasteiger partial charge in [-0.2, -0.15) is 37.9 Å². The Labute approximate surface area is 194 Å². The maximum absolute atomic E-state index is 4.43. The molecule has 0 aromatic heterocycles. The molecule has 0 radical (unpaired) electrons. The zero-order valence-electron chi connectivity index (χ0n) is 16.7. The molecule has 2 unspecified atom stereocenters. The molecule has 5 nitrogen and oxygen atoms in total. The van der Waals surface area contributed by atoms with Gasteiger partial charge in [0.15, 0.2) is 0 Å². The van der Waals surface area contributed by atoms with E-state index in [2.05, 4.69) is 62.4 Å². The van der Waals surface area contributed by atoms with Gasteiger partial charge in [-0.25, -0.2) is 0 Å². The van der Waals surface area contributed by atoms with Gasteiger partial charge in [-0.05, 0) is 0 Å². The zero-order valence-corrected chi connectivity index (χ0v) is 20.4. The molecule has 0 amide bonds. The average Bonchev–Trinajstić information content (AvgIpc) is 2.79. The predicted molar refractivity (Wildman–Crippen MR) is 124 cm³/mol. The molecule has 0 aromatic rings. The van der Waals surface area contributed by atoms with Crippen molar-refractivity contribution >= 4 is 37.9 Å². The van der Waals surface area contributed by atoms with Gasteiger partial charge in [0, 0.05) is 132 Å². The number of hydrogen-bond donors (Lipinski definition) is 3. The van der Waals surface area contributed by atoms with Crippen LogP contribution in [0.4, 0.5) is 0 Å². The fraction of sp³-hybridized carbons (Fsp3) is 1.00. The fourth-order valence-corrected chi connectivity index (χ4v) is 4.65. The Bertz CT molecular complexity index is 344. The molecular formula is C18H39FeN5S3. The van der Waals surface area contributed by atoms with Crippen LogP contribution in [0, 0.1) is 0 Å². The summed E-state index contributed by atoms with van der Waals surface area (Å²) in [6.07, 6.45) is 0. The molecule has 162 valence electrons. The van der Waals surface area contributed by atoms with E-state index in [9.17, 15) is 0 Å². The third-order valence-corrected chi connectivity index (χ3v) is 6.24. The first kappa shape index (κ1) is 26.4. The van der Waals surface area contributed by atoms with Gasteiger partial charge < -0.3 is 4.90 Å². The van der Waals surface area contributed by atoms with Gasteiger partial charge in [-0.3, -0.25) is 19.6 Å². The average molecular weight is 478 g/mol. The molecule has 9 heteroatoms. The van der Waals surface area contributed by atoms with Crippen LogP contribution in [0.5, 0.6) is 0 Å². The largest absolute Gasteiger partial charge is 0.300 e. The maximum Gasteiger partial charge on any atom is 0.0110 e. The molecule has 0 saturated carbocycles. The van der Waals surface area contributed by atoms with Gasteiger partial charge in [0.1, 0.15) is 0 Å². The quantitative estimate of drug-likeness (QED) is 0.327. The Morgan fingerprint density at radius 2 is 0.926 bits per heavy atom. The number of fused-ring (bicyclic) bond motifs is 3. The molecule has 2 heterocycles. The molecule has 0 aromatic carbocycles. The normalized spacial score (nSPS) is 25.8. The number of nitrogens with zero attached hydrogens (tertiary/aromatic N) is 5. The summed E-state index contributed by atoms with van der Waals surface area (Å²) in [5.41, 5.74) is 0. The summed E-state index contributed by atoms with van der Waals surface area (Å²) >= 11 is 13.2. The van der Waals surface area contributed by atoms with E-state index in [1.807, 2.05) is 0 Å². The van der Waals surface area contributed by atoms with Crippen LogP contribution in [-0.4, -0.2) is 140 Å². The summed E-state index contributed by atoms with van der Waals surface area (Å²) in [6.45, 7) is 17.5. The Balaban J connectivity index is 0.00000364. The second-order valence-corrected chi connectivity index (χ2v) is 8.72. The van der Waals surface area contributed by atoms with Crippen LogP contribution in [0.15, 0.2) is 0 Å². The third-order valence-electron chi connectivity index (χ3n) is 5.64. The van der Waals surface area contributed by atoms with Crippen molar-refractivity contribution in [3.8, 4) is 0 Å². The van der Waals surface area contributed by atoms with Crippen LogP contribution in [0.3, 0.4) is 0 Å². The first-order valence-electron chi connectivity index (χ1n) is 10.2. The van der Waals surface area contributed by atoms with E-state index in [0.29, 0.717) is 0 Å². The SMILES string of the molecule is SCCN(CCS)CCN1CCN2CCN(CCS)CCN(CC1)CC2.[Fe]. The molecule has 27 heavy (non-hydrogen) atoms. The van der Waals surface area contributed by atoms with Crippen molar-refractivity contribution in [3.05, 3.63) is 0 Å². The molecular weight excluding hydrogens is 438 g/mol. The molecule has 2 saturated heterocycles.